The Morgan fingerprint density at radius 1 is 1.33 bits per heavy atom. The van der Waals surface area contributed by atoms with Gasteiger partial charge < -0.3 is 11.1 Å². The maximum Gasteiger partial charge on any atom is 0.230 e. The number of rotatable bonds is 7. The van der Waals surface area contributed by atoms with Gasteiger partial charge >= 0.3 is 0 Å². The van der Waals surface area contributed by atoms with E-state index in [2.05, 4.69) is 17.1 Å². The van der Waals surface area contributed by atoms with E-state index >= 15 is 0 Å². The number of benzene rings is 1. The lowest BCUT2D eigenvalue weighted by Crippen LogP contribution is -2.43. The third-order valence-electron chi connectivity index (χ3n) is 4.35. The van der Waals surface area contributed by atoms with Crippen molar-refractivity contribution in [2.24, 2.45) is 0 Å². The first-order valence-corrected chi connectivity index (χ1v) is 7.83. The molecule has 0 heterocycles. The van der Waals surface area contributed by atoms with Crippen LogP contribution >= 0.6 is 0 Å². The average Bonchev–Trinajstić information content (AvgIpc) is 3.28. The normalized spacial score (nSPS) is 15.2. The van der Waals surface area contributed by atoms with Crippen molar-refractivity contribution < 1.29 is 4.79 Å². The topological polar surface area (TPSA) is 58.4 Å². The van der Waals surface area contributed by atoms with Gasteiger partial charge in [-0.3, -0.25) is 9.69 Å². The van der Waals surface area contributed by atoms with E-state index in [9.17, 15) is 4.79 Å². The Hall–Kier alpha value is -1.55. The Bertz CT molecular complexity index is 477. The van der Waals surface area contributed by atoms with Crippen molar-refractivity contribution in [2.75, 3.05) is 25.4 Å². The lowest BCUT2D eigenvalue weighted by Gasteiger charge is -2.26. The summed E-state index contributed by atoms with van der Waals surface area (Å²) >= 11 is 0. The molecule has 0 aliphatic heterocycles. The summed E-state index contributed by atoms with van der Waals surface area (Å²) in [5.74, 6) is 0.0686. The Morgan fingerprint density at radius 3 is 2.48 bits per heavy atom. The second-order valence-corrected chi connectivity index (χ2v) is 6.36. The van der Waals surface area contributed by atoms with Crippen LogP contribution in [-0.2, 0) is 10.2 Å². The molecule has 0 spiro atoms. The summed E-state index contributed by atoms with van der Waals surface area (Å²) in [4.78, 5) is 14.9. The highest BCUT2D eigenvalue weighted by Gasteiger charge is 2.30. The van der Waals surface area contributed by atoms with Gasteiger partial charge in [0.05, 0.1) is 5.41 Å². The van der Waals surface area contributed by atoms with Crippen LogP contribution in [0, 0.1) is 0 Å². The number of anilines is 1. The number of nitrogens with one attached hydrogen (secondary N) is 1. The summed E-state index contributed by atoms with van der Waals surface area (Å²) in [6.07, 6.45) is 2.61. The van der Waals surface area contributed by atoms with Crippen molar-refractivity contribution in [3.63, 3.8) is 0 Å². The van der Waals surface area contributed by atoms with E-state index in [1.54, 1.807) is 0 Å². The van der Waals surface area contributed by atoms with Crippen LogP contribution in [0.3, 0.4) is 0 Å². The largest absolute Gasteiger partial charge is 0.399 e. The van der Waals surface area contributed by atoms with Gasteiger partial charge in [-0.2, -0.15) is 0 Å². The first kappa shape index (κ1) is 15.8. The van der Waals surface area contributed by atoms with E-state index in [0.717, 1.165) is 30.4 Å². The maximum absolute atomic E-state index is 12.4. The van der Waals surface area contributed by atoms with Crippen molar-refractivity contribution in [3.8, 4) is 0 Å². The number of nitrogens with two attached hydrogens (primary N) is 1. The summed E-state index contributed by atoms with van der Waals surface area (Å²) in [5.41, 5.74) is 6.88. The molecular formula is C17H27N3O. The molecule has 0 unspecified atom stereocenters. The number of hydrogen-bond donors (Lipinski definition) is 2. The maximum atomic E-state index is 12.4. The molecule has 2 rings (SSSR count). The molecule has 1 aromatic carbocycles. The van der Waals surface area contributed by atoms with Crippen molar-refractivity contribution in [2.45, 2.75) is 45.1 Å². The summed E-state index contributed by atoms with van der Waals surface area (Å²) < 4.78 is 0. The smallest absolute Gasteiger partial charge is 0.230 e. The zero-order valence-electron chi connectivity index (χ0n) is 13.4. The van der Waals surface area contributed by atoms with Gasteiger partial charge in [-0.05, 0) is 50.9 Å². The zero-order chi connectivity index (χ0) is 15.5. The van der Waals surface area contributed by atoms with Crippen LogP contribution in [0.5, 0.6) is 0 Å². The standard InChI is InChI=1S/C17H27N3O/c1-4-20(15-9-10-15)12-11-19-16(21)17(2,3)13-5-7-14(18)8-6-13/h5-8,15H,4,9-12,18H2,1-3H3,(H,19,21). The number of likely N-dealkylation sites (N-methyl/N-ethyl adjacent to an activating group) is 1. The quantitative estimate of drug-likeness (QED) is 0.756. The number of nitrogens with zero attached hydrogens (tertiary/aromatic N) is 1. The van der Waals surface area contributed by atoms with Crippen molar-refractivity contribution >= 4 is 11.6 Å². The van der Waals surface area contributed by atoms with Gasteiger partial charge in [-0.25, -0.2) is 0 Å². The van der Waals surface area contributed by atoms with Gasteiger partial charge in [0.2, 0.25) is 5.91 Å². The van der Waals surface area contributed by atoms with Crippen molar-refractivity contribution in [1.82, 2.24) is 10.2 Å². The highest BCUT2D eigenvalue weighted by molar-refractivity contribution is 5.87. The molecular weight excluding hydrogens is 262 g/mol. The van der Waals surface area contributed by atoms with Crippen LogP contribution in [-0.4, -0.2) is 36.5 Å². The fourth-order valence-corrected chi connectivity index (χ4v) is 2.60. The van der Waals surface area contributed by atoms with Gasteiger partial charge in [0.1, 0.15) is 0 Å². The van der Waals surface area contributed by atoms with Crippen molar-refractivity contribution in [3.05, 3.63) is 29.8 Å². The molecule has 1 aliphatic rings. The monoisotopic (exact) mass is 289 g/mol. The molecule has 4 heteroatoms. The number of carbonyl (C=O) groups excluding carboxylic acids is 1. The Balaban J connectivity index is 1.87. The second-order valence-electron chi connectivity index (χ2n) is 6.36. The molecule has 1 saturated carbocycles. The average molecular weight is 289 g/mol. The molecule has 116 valence electrons. The lowest BCUT2D eigenvalue weighted by atomic mass is 9.83. The van der Waals surface area contributed by atoms with E-state index in [-0.39, 0.29) is 5.91 Å². The van der Waals surface area contributed by atoms with Gasteiger partial charge in [0.25, 0.3) is 0 Å². The van der Waals surface area contributed by atoms with Gasteiger partial charge in [-0.1, -0.05) is 19.1 Å². The SMILES string of the molecule is CCN(CCNC(=O)C(C)(C)c1ccc(N)cc1)C1CC1. The van der Waals surface area contributed by atoms with Crippen LogP contribution in [0.1, 0.15) is 39.2 Å². The first-order valence-electron chi connectivity index (χ1n) is 7.83. The molecule has 0 saturated heterocycles. The predicted octanol–water partition coefficient (Wildman–Crippen LogP) is 2.15. The third kappa shape index (κ3) is 3.97. The zero-order valence-corrected chi connectivity index (χ0v) is 13.4. The lowest BCUT2D eigenvalue weighted by molar-refractivity contribution is -0.125. The van der Waals surface area contributed by atoms with Crippen molar-refractivity contribution in [1.29, 1.82) is 0 Å². The molecule has 3 N–H and O–H groups in total. The second kappa shape index (κ2) is 6.48. The molecule has 0 aromatic heterocycles. The molecule has 0 atom stereocenters. The molecule has 1 amide bonds. The minimum Gasteiger partial charge on any atom is -0.399 e. The van der Waals surface area contributed by atoms with Gasteiger partial charge in [0.15, 0.2) is 0 Å². The summed E-state index contributed by atoms with van der Waals surface area (Å²) in [6.45, 7) is 8.78. The molecule has 1 fully saturated rings. The Kier molecular flexibility index (Phi) is 4.88. The number of nitrogen functional groups attached to an aromatic ring is 1. The third-order valence-corrected chi connectivity index (χ3v) is 4.35. The highest BCUT2D eigenvalue weighted by Crippen LogP contribution is 2.26. The molecule has 21 heavy (non-hydrogen) atoms. The number of amides is 1. The molecule has 0 bridgehead atoms. The predicted molar refractivity (Wildman–Crippen MR) is 87.2 cm³/mol. The van der Waals surface area contributed by atoms with Crippen LogP contribution < -0.4 is 11.1 Å². The number of hydrogen-bond acceptors (Lipinski definition) is 3. The van der Waals surface area contributed by atoms with Crippen LogP contribution in [0.15, 0.2) is 24.3 Å². The molecule has 4 nitrogen and oxygen atoms in total. The molecule has 0 radical (unpaired) electrons. The van der Waals surface area contributed by atoms with E-state index in [0.29, 0.717) is 6.54 Å². The van der Waals surface area contributed by atoms with Gasteiger partial charge in [-0.15, -0.1) is 0 Å². The van der Waals surface area contributed by atoms with E-state index in [1.807, 2.05) is 38.1 Å². The first-order chi connectivity index (χ1) is 9.95. The molecule has 1 aliphatic carbocycles. The summed E-state index contributed by atoms with van der Waals surface area (Å²) in [7, 11) is 0. The Morgan fingerprint density at radius 2 is 1.95 bits per heavy atom. The fourth-order valence-electron chi connectivity index (χ4n) is 2.60. The minimum atomic E-state index is -0.537. The fraction of sp³-hybridized carbons (Fsp3) is 0.588. The summed E-state index contributed by atoms with van der Waals surface area (Å²) in [5, 5.41) is 3.07. The minimum absolute atomic E-state index is 0.0686. The highest BCUT2D eigenvalue weighted by atomic mass is 16.2. The van der Waals surface area contributed by atoms with Crippen LogP contribution in [0.25, 0.3) is 0 Å². The van der Waals surface area contributed by atoms with E-state index in [1.165, 1.54) is 12.8 Å². The Labute approximate surface area is 127 Å². The summed E-state index contributed by atoms with van der Waals surface area (Å²) in [6, 6.07) is 8.29. The van der Waals surface area contributed by atoms with E-state index < -0.39 is 5.41 Å². The molecule has 1 aromatic rings. The van der Waals surface area contributed by atoms with Crippen LogP contribution in [0.4, 0.5) is 5.69 Å². The van der Waals surface area contributed by atoms with Gasteiger partial charge in [0, 0.05) is 24.8 Å². The van der Waals surface area contributed by atoms with Crippen LogP contribution in [0.2, 0.25) is 0 Å². The number of carbonyl (C=O) groups is 1. The van der Waals surface area contributed by atoms with E-state index in [4.69, 9.17) is 5.73 Å².